The van der Waals surface area contributed by atoms with Crippen LogP contribution in [-0.4, -0.2) is 19.9 Å². The highest BCUT2D eigenvalue weighted by Gasteiger charge is 2.16. The topological polar surface area (TPSA) is 74.0 Å². The first-order valence-corrected chi connectivity index (χ1v) is 8.14. The quantitative estimate of drug-likeness (QED) is 0.762. The number of sulfonamides is 1. The maximum atomic E-state index is 13.1. The number of hydrogen-bond acceptors (Lipinski definition) is 3. The summed E-state index contributed by atoms with van der Waals surface area (Å²) in [6, 6.07) is 5.18. The molecular weight excluding hydrogens is 317 g/mol. The van der Waals surface area contributed by atoms with Gasteiger partial charge in [0.2, 0.25) is 0 Å². The normalized spacial score (nSPS) is 11.6. The van der Waals surface area contributed by atoms with Gasteiger partial charge in [-0.05, 0) is 30.8 Å². The van der Waals surface area contributed by atoms with Gasteiger partial charge in [-0.1, -0.05) is 18.5 Å². The molecule has 0 aliphatic carbocycles. The molecule has 5 nitrogen and oxygen atoms in total. The Morgan fingerprint density at radius 3 is 2.76 bits per heavy atom. The van der Waals surface area contributed by atoms with Crippen molar-refractivity contribution < 1.29 is 12.8 Å². The molecule has 0 bridgehead atoms. The summed E-state index contributed by atoms with van der Waals surface area (Å²) in [6.45, 7) is 3.29. The molecule has 2 aromatic rings. The number of aromatic nitrogens is 1. The van der Waals surface area contributed by atoms with E-state index in [9.17, 15) is 12.8 Å². The van der Waals surface area contributed by atoms with E-state index in [1.807, 2.05) is 6.92 Å². The van der Waals surface area contributed by atoms with Crippen molar-refractivity contribution in [1.82, 2.24) is 10.3 Å². The Labute approximate surface area is 127 Å². The average Bonchev–Trinajstić information content (AvgIpc) is 2.90. The van der Waals surface area contributed by atoms with Crippen LogP contribution in [0.4, 0.5) is 10.1 Å². The Morgan fingerprint density at radius 2 is 2.10 bits per heavy atom. The molecular formula is C13H15ClFN3O2S. The molecule has 0 spiro atoms. The molecule has 0 unspecified atom stereocenters. The van der Waals surface area contributed by atoms with Crippen LogP contribution in [0.2, 0.25) is 5.02 Å². The highest BCUT2D eigenvalue weighted by Crippen LogP contribution is 2.22. The zero-order valence-electron chi connectivity index (χ0n) is 11.3. The summed E-state index contributed by atoms with van der Waals surface area (Å²) in [5.74, 6) is -0.603. The molecule has 1 aromatic heterocycles. The highest BCUT2D eigenvalue weighted by molar-refractivity contribution is 7.92. The summed E-state index contributed by atoms with van der Waals surface area (Å²) >= 11 is 5.63. The van der Waals surface area contributed by atoms with Gasteiger partial charge in [-0.2, -0.15) is 0 Å². The molecule has 8 heteroatoms. The third-order valence-corrected chi connectivity index (χ3v) is 4.41. The lowest BCUT2D eigenvalue weighted by molar-refractivity contribution is 0.601. The summed E-state index contributed by atoms with van der Waals surface area (Å²) in [5, 5.41) is 2.95. The van der Waals surface area contributed by atoms with E-state index in [4.69, 9.17) is 11.6 Å². The number of nitrogens with one attached hydrogen (secondary N) is 3. The van der Waals surface area contributed by atoms with E-state index in [0.717, 1.165) is 18.3 Å². The van der Waals surface area contributed by atoms with Gasteiger partial charge in [0, 0.05) is 18.4 Å². The van der Waals surface area contributed by atoms with Crippen LogP contribution in [0.3, 0.4) is 0 Å². The molecule has 0 atom stereocenters. The largest absolute Gasteiger partial charge is 0.363 e. The van der Waals surface area contributed by atoms with E-state index in [1.54, 1.807) is 0 Å². The fourth-order valence-electron chi connectivity index (χ4n) is 1.71. The smallest absolute Gasteiger partial charge is 0.263 e. The number of hydrogen-bond donors (Lipinski definition) is 3. The highest BCUT2D eigenvalue weighted by atomic mass is 35.5. The van der Waals surface area contributed by atoms with E-state index in [2.05, 4.69) is 15.0 Å². The SMILES string of the molecule is CCNCc1cc(S(=O)(=O)Nc2ccc(F)c(Cl)c2)c[nH]1. The molecule has 1 heterocycles. The molecule has 0 saturated carbocycles. The van der Waals surface area contributed by atoms with Crippen molar-refractivity contribution in [2.75, 3.05) is 11.3 Å². The number of aromatic amines is 1. The molecule has 0 fully saturated rings. The summed E-state index contributed by atoms with van der Waals surface area (Å²) in [6.07, 6.45) is 1.40. The van der Waals surface area contributed by atoms with Gasteiger partial charge < -0.3 is 10.3 Å². The predicted octanol–water partition coefficient (Wildman–Crippen LogP) is 2.72. The zero-order chi connectivity index (χ0) is 15.5. The van der Waals surface area contributed by atoms with Gasteiger partial charge in [0.05, 0.1) is 10.7 Å². The Hall–Kier alpha value is -1.57. The number of halogens is 2. The number of benzene rings is 1. The van der Waals surface area contributed by atoms with Crippen molar-refractivity contribution in [3.63, 3.8) is 0 Å². The lowest BCUT2D eigenvalue weighted by Gasteiger charge is -2.07. The molecule has 21 heavy (non-hydrogen) atoms. The summed E-state index contributed by atoms with van der Waals surface area (Å²) in [4.78, 5) is 2.99. The van der Waals surface area contributed by atoms with E-state index < -0.39 is 15.8 Å². The van der Waals surface area contributed by atoms with E-state index in [1.165, 1.54) is 24.4 Å². The fourth-order valence-corrected chi connectivity index (χ4v) is 2.96. The van der Waals surface area contributed by atoms with E-state index in [-0.39, 0.29) is 15.6 Å². The van der Waals surface area contributed by atoms with Crippen LogP contribution in [0.15, 0.2) is 35.4 Å². The van der Waals surface area contributed by atoms with Gasteiger partial charge >= 0.3 is 0 Å². The standard InChI is InChI=1S/C13H15ClFN3O2S/c1-2-16-7-10-5-11(8-17-10)21(19,20)18-9-3-4-13(15)12(14)6-9/h3-6,8,16-18H,2,7H2,1H3. The summed E-state index contributed by atoms with van der Waals surface area (Å²) < 4.78 is 39.8. The molecule has 0 amide bonds. The van der Waals surface area contributed by atoms with Crippen molar-refractivity contribution in [3.05, 3.63) is 47.0 Å². The van der Waals surface area contributed by atoms with Crippen LogP contribution < -0.4 is 10.0 Å². The van der Waals surface area contributed by atoms with Crippen LogP contribution in [0.25, 0.3) is 0 Å². The van der Waals surface area contributed by atoms with Gasteiger partial charge in [-0.25, -0.2) is 12.8 Å². The first-order valence-electron chi connectivity index (χ1n) is 6.28. The molecule has 2 rings (SSSR count). The van der Waals surface area contributed by atoms with Crippen LogP contribution in [0.1, 0.15) is 12.6 Å². The second kappa shape index (κ2) is 6.46. The molecule has 0 aliphatic rings. The first kappa shape index (κ1) is 15.8. The second-order valence-electron chi connectivity index (χ2n) is 4.38. The van der Waals surface area contributed by atoms with Crippen molar-refractivity contribution in [2.24, 2.45) is 0 Å². The van der Waals surface area contributed by atoms with Crippen LogP contribution in [0, 0.1) is 5.82 Å². The second-order valence-corrected chi connectivity index (χ2v) is 6.46. The molecule has 0 saturated heterocycles. The zero-order valence-corrected chi connectivity index (χ0v) is 12.9. The van der Waals surface area contributed by atoms with Crippen molar-refractivity contribution in [3.8, 4) is 0 Å². The molecule has 114 valence electrons. The molecule has 3 N–H and O–H groups in total. The Balaban J connectivity index is 2.17. The number of anilines is 1. The Kier molecular flexibility index (Phi) is 4.87. The van der Waals surface area contributed by atoms with Crippen molar-refractivity contribution >= 4 is 27.3 Å². The number of H-pyrrole nitrogens is 1. The molecule has 1 aromatic carbocycles. The first-order chi connectivity index (χ1) is 9.92. The number of rotatable bonds is 6. The summed E-state index contributed by atoms with van der Waals surface area (Å²) in [5.41, 5.74) is 0.963. The Morgan fingerprint density at radius 1 is 1.33 bits per heavy atom. The average molecular weight is 332 g/mol. The Bertz CT molecular complexity index is 731. The van der Waals surface area contributed by atoms with Crippen LogP contribution in [0.5, 0.6) is 0 Å². The lowest BCUT2D eigenvalue weighted by atomic mass is 10.3. The third kappa shape index (κ3) is 3.96. The summed E-state index contributed by atoms with van der Waals surface area (Å²) in [7, 11) is -3.74. The van der Waals surface area contributed by atoms with Gasteiger partial charge in [0.1, 0.15) is 10.7 Å². The monoisotopic (exact) mass is 331 g/mol. The fraction of sp³-hybridized carbons (Fsp3) is 0.231. The maximum absolute atomic E-state index is 13.1. The minimum atomic E-state index is -3.74. The maximum Gasteiger partial charge on any atom is 0.263 e. The van der Waals surface area contributed by atoms with E-state index >= 15 is 0 Å². The third-order valence-electron chi connectivity index (χ3n) is 2.76. The van der Waals surface area contributed by atoms with Crippen molar-refractivity contribution in [2.45, 2.75) is 18.4 Å². The van der Waals surface area contributed by atoms with Gasteiger partial charge in [-0.15, -0.1) is 0 Å². The lowest BCUT2D eigenvalue weighted by Crippen LogP contribution is -2.13. The van der Waals surface area contributed by atoms with E-state index in [0.29, 0.717) is 6.54 Å². The van der Waals surface area contributed by atoms with Crippen molar-refractivity contribution in [1.29, 1.82) is 0 Å². The minimum Gasteiger partial charge on any atom is -0.363 e. The molecule has 0 radical (unpaired) electrons. The van der Waals surface area contributed by atoms with Gasteiger partial charge in [-0.3, -0.25) is 4.72 Å². The van der Waals surface area contributed by atoms with Gasteiger partial charge in [0.15, 0.2) is 0 Å². The van der Waals surface area contributed by atoms with Crippen LogP contribution in [-0.2, 0) is 16.6 Å². The minimum absolute atomic E-state index is 0.107. The molecule has 0 aliphatic heterocycles. The van der Waals surface area contributed by atoms with Crippen LogP contribution >= 0.6 is 11.6 Å². The predicted molar refractivity (Wildman–Crippen MR) is 80.4 cm³/mol. The van der Waals surface area contributed by atoms with Gasteiger partial charge in [0.25, 0.3) is 10.0 Å².